The molecule has 0 unspecified atom stereocenters. The minimum atomic E-state index is -0.686. The van der Waals surface area contributed by atoms with E-state index < -0.39 is 5.41 Å². The second-order valence-electron chi connectivity index (χ2n) is 7.49. The Kier molecular flexibility index (Phi) is 4.38. The Labute approximate surface area is 168 Å². The van der Waals surface area contributed by atoms with E-state index in [1.807, 2.05) is 39.0 Å². The number of carbonyl (C=O) groups excluding carboxylic acids is 2. The minimum absolute atomic E-state index is 0.0566. The summed E-state index contributed by atoms with van der Waals surface area (Å²) in [5.74, 6) is 0.341. The molecular formula is C22H21N5O2. The van der Waals surface area contributed by atoms with E-state index in [2.05, 4.69) is 20.3 Å². The second-order valence-corrected chi connectivity index (χ2v) is 7.49. The van der Waals surface area contributed by atoms with Crippen LogP contribution >= 0.6 is 0 Å². The fourth-order valence-electron chi connectivity index (χ4n) is 3.54. The molecule has 1 aromatic carbocycles. The molecule has 0 atom stereocenters. The molecule has 7 heteroatoms. The first-order chi connectivity index (χ1) is 13.8. The molecule has 7 nitrogen and oxygen atoms in total. The number of hydrogen-bond donors (Lipinski definition) is 1. The van der Waals surface area contributed by atoms with Crippen molar-refractivity contribution >= 4 is 23.2 Å². The molecule has 0 radical (unpaired) electrons. The topological polar surface area (TPSA) is 88.1 Å². The molecule has 2 aromatic heterocycles. The third-order valence-electron chi connectivity index (χ3n) is 5.23. The van der Waals surface area contributed by atoms with E-state index in [0.29, 0.717) is 11.5 Å². The number of benzene rings is 1. The number of amides is 2. The fourth-order valence-corrected chi connectivity index (χ4v) is 3.54. The van der Waals surface area contributed by atoms with Crippen molar-refractivity contribution in [3.05, 3.63) is 66.0 Å². The van der Waals surface area contributed by atoms with Gasteiger partial charge in [-0.25, -0.2) is 9.97 Å². The van der Waals surface area contributed by atoms with Gasteiger partial charge in [0.2, 0.25) is 5.91 Å². The molecule has 1 N–H and O–H groups in total. The highest BCUT2D eigenvalue weighted by atomic mass is 16.2. The summed E-state index contributed by atoms with van der Waals surface area (Å²) in [7, 11) is 1.55. The predicted octanol–water partition coefficient (Wildman–Crippen LogP) is 3.16. The van der Waals surface area contributed by atoms with Crippen molar-refractivity contribution in [1.29, 1.82) is 0 Å². The molecule has 0 aliphatic carbocycles. The van der Waals surface area contributed by atoms with E-state index in [1.165, 1.54) is 6.20 Å². The monoisotopic (exact) mass is 387 g/mol. The van der Waals surface area contributed by atoms with Gasteiger partial charge in [0, 0.05) is 31.2 Å². The average Bonchev–Trinajstić information content (AvgIpc) is 2.93. The van der Waals surface area contributed by atoms with Crippen LogP contribution in [0.1, 0.15) is 35.7 Å². The van der Waals surface area contributed by atoms with Gasteiger partial charge in [-0.2, -0.15) is 0 Å². The van der Waals surface area contributed by atoms with Crippen LogP contribution in [0, 0.1) is 6.92 Å². The number of nitrogens with zero attached hydrogens (tertiary/aromatic N) is 4. The largest absolute Gasteiger partial charge is 0.354 e. The Hall–Kier alpha value is -3.61. The third-order valence-corrected chi connectivity index (χ3v) is 5.23. The van der Waals surface area contributed by atoms with Crippen molar-refractivity contribution in [3.63, 3.8) is 0 Å². The molecular weight excluding hydrogens is 366 g/mol. The van der Waals surface area contributed by atoms with Crippen LogP contribution in [-0.2, 0) is 10.2 Å². The number of anilines is 2. The minimum Gasteiger partial charge on any atom is -0.354 e. The van der Waals surface area contributed by atoms with Gasteiger partial charge in [0.25, 0.3) is 5.91 Å². The Morgan fingerprint density at radius 3 is 2.45 bits per heavy atom. The number of aromatic nitrogens is 3. The molecule has 0 fully saturated rings. The summed E-state index contributed by atoms with van der Waals surface area (Å²) < 4.78 is 0. The maximum absolute atomic E-state index is 13.3. The van der Waals surface area contributed by atoms with E-state index in [-0.39, 0.29) is 17.5 Å². The summed E-state index contributed by atoms with van der Waals surface area (Å²) in [6.07, 6.45) is 5.08. The molecule has 0 saturated carbocycles. The summed E-state index contributed by atoms with van der Waals surface area (Å²) >= 11 is 0. The smallest absolute Gasteiger partial charge is 0.269 e. The van der Waals surface area contributed by atoms with Gasteiger partial charge in [-0.15, -0.1) is 0 Å². The number of rotatable bonds is 3. The van der Waals surface area contributed by atoms with Gasteiger partial charge in [-0.1, -0.05) is 12.1 Å². The van der Waals surface area contributed by atoms with Gasteiger partial charge in [-0.3, -0.25) is 19.5 Å². The fraction of sp³-hybridized carbons (Fsp3) is 0.227. The molecule has 146 valence electrons. The lowest BCUT2D eigenvalue weighted by Gasteiger charge is -2.21. The highest BCUT2D eigenvalue weighted by Crippen LogP contribution is 2.46. The number of nitrogens with one attached hydrogen (secondary N) is 1. The van der Waals surface area contributed by atoms with E-state index in [0.717, 1.165) is 22.4 Å². The first-order valence-electron chi connectivity index (χ1n) is 9.29. The van der Waals surface area contributed by atoms with Crippen LogP contribution in [0.3, 0.4) is 0 Å². The van der Waals surface area contributed by atoms with Gasteiger partial charge in [-0.05, 0) is 50.1 Å². The number of fused-ring (bicyclic) bond motifs is 1. The molecule has 1 aliphatic heterocycles. The van der Waals surface area contributed by atoms with Crippen LogP contribution in [0.15, 0.2) is 48.9 Å². The van der Waals surface area contributed by atoms with Crippen LogP contribution in [0.25, 0.3) is 11.1 Å². The molecule has 0 saturated heterocycles. The SMILES string of the molecule is CNC(=O)c1cc(N2C(=O)C(C)(C)c3ccc(-c4cnc(C)nc4)cc32)ccn1. The molecule has 29 heavy (non-hydrogen) atoms. The lowest BCUT2D eigenvalue weighted by Crippen LogP contribution is -2.33. The van der Waals surface area contributed by atoms with E-state index in [9.17, 15) is 9.59 Å². The van der Waals surface area contributed by atoms with Gasteiger partial charge >= 0.3 is 0 Å². The molecule has 3 aromatic rings. The first kappa shape index (κ1) is 18.7. The maximum atomic E-state index is 13.3. The predicted molar refractivity (Wildman–Crippen MR) is 110 cm³/mol. The normalized spacial score (nSPS) is 14.6. The van der Waals surface area contributed by atoms with Crippen molar-refractivity contribution < 1.29 is 9.59 Å². The van der Waals surface area contributed by atoms with Gasteiger partial charge in [0.15, 0.2) is 0 Å². The van der Waals surface area contributed by atoms with Crippen molar-refractivity contribution in [3.8, 4) is 11.1 Å². The van der Waals surface area contributed by atoms with Crippen LogP contribution in [0.2, 0.25) is 0 Å². The van der Waals surface area contributed by atoms with Gasteiger partial charge < -0.3 is 5.32 Å². The highest BCUT2D eigenvalue weighted by molar-refractivity contribution is 6.13. The van der Waals surface area contributed by atoms with Crippen molar-refractivity contribution in [1.82, 2.24) is 20.3 Å². The lowest BCUT2D eigenvalue weighted by molar-refractivity contribution is -0.121. The Morgan fingerprint density at radius 2 is 1.76 bits per heavy atom. The van der Waals surface area contributed by atoms with Gasteiger partial charge in [0.05, 0.1) is 16.8 Å². The first-order valence-corrected chi connectivity index (χ1v) is 9.29. The molecule has 2 amide bonds. The average molecular weight is 387 g/mol. The quantitative estimate of drug-likeness (QED) is 0.746. The van der Waals surface area contributed by atoms with E-state index in [4.69, 9.17) is 0 Å². The van der Waals surface area contributed by atoms with Crippen molar-refractivity contribution in [2.45, 2.75) is 26.2 Å². The number of hydrogen-bond acceptors (Lipinski definition) is 5. The van der Waals surface area contributed by atoms with Crippen molar-refractivity contribution in [2.75, 3.05) is 11.9 Å². The zero-order valence-electron chi connectivity index (χ0n) is 16.7. The number of pyridine rings is 1. The van der Waals surface area contributed by atoms with Crippen molar-refractivity contribution in [2.24, 2.45) is 0 Å². The van der Waals surface area contributed by atoms with E-state index in [1.54, 1.807) is 36.5 Å². The van der Waals surface area contributed by atoms with Crippen LogP contribution < -0.4 is 10.2 Å². The number of aryl methyl sites for hydroxylation is 1. The molecule has 4 rings (SSSR count). The number of carbonyl (C=O) groups is 2. The molecule has 0 bridgehead atoms. The summed E-state index contributed by atoms with van der Waals surface area (Å²) in [4.78, 5) is 39.6. The van der Waals surface area contributed by atoms with Crippen LogP contribution in [0.4, 0.5) is 11.4 Å². The Balaban J connectivity index is 1.86. The van der Waals surface area contributed by atoms with Crippen LogP contribution in [-0.4, -0.2) is 33.8 Å². The van der Waals surface area contributed by atoms with Crippen LogP contribution in [0.5, 0.6) is 0 Å². The molecule has 0 spiro atoms. The summed E-state index contributed by atoms with van der Waals surface area (Å²) in [6, 6.07) is 9.29. The summed E-state index contributed by atoms with van der Waals surface area (Å²) in [5.41, 5.74) is 3.68. The van der Waals surface area contributed by atoms with E-state index >= 15 is 0 Å². The summed E-state index contributed by atoms with van der Waals surface area (Å²) in [6.45, 7) is 5.65. The zero-order valence-corrected chi connectivity index (χ0v) is 16.7. The lowest BCUT2D eigenvalue weighted by atomic mass is 9.85. The Morgan fingerprint density at radius 1 is 1.03 bits per heavy atom. The third kappa shape index (κ3) is 3.04. The second kappa shape index (κ2) is 6.77. The highest BCUT2D eigenvalue weighted by Gasteiger charge is 2.44. The standard InChI is InChI=1S/C22H21N5O2/c1-13-25-11-15(12-26-13)14-5-6-17-19(9-14)27(21(29)22(17,2)3)16-7-8-24-18(10-16)20(28)23-4/h5-12H,1-4H3,(H,23,28). The maximum Gasteiger partial charge on any atom is 0.269 e. The molecule has 1 aliphatic rings. The zero-order chi connectivity index (χ0) is 20.8. The molecule has 3 heterocycles. The van der Waals surface area contributed by atoms with Gasteiger partial charge in [0.1, 0.15) is 11.5 Å². The summed E-state index contributed by atoms with van der Waals surface area (Å²) in [5, 5.41) is 2.56. The Bertz CT molecular complexity index is 1120.